The van der Waals surface area contributed by atoms with Crippen molar-refractivity contribution < 1.29 is 9.59 Å². The van der Waals surface area contributed by atoms with Gasteiger partial charge in [-0.15, -0.1) is 0 Å². The first-order valence-electron chi connectivity index (χ1n) is 6.83. The van der Waals surface area contributed by atoms with Gasteiger partial charge in [-0.2, -0.15) is 0 Å². The third-order valence-electron chi connectivity index (χ3n) is 4.08. The summed E-state index contributed by atoms with van der Waals surface area (Å²) in [5.41, 5.74) is 0.572. The Kier molecular flexibility index (Phi) is 3.61. The average Bonchev–Trinajstić information content (AvgIpc) is 2.46. The number of carbonyl (C=O) groups excluding carboxylic acids is 2. The molecule has 1 N–H and O–H groups in total. The molecule has 1 aromatic rings. The van der Waals surface area contributed by atoms with Gasteiger partial charge >= 0.3 is 0 Å². The van der Waals surface area contributed by atoms with E-state index in [4.69, 9.17) is 11.6 Å². The van der Waals surface area contributed by atoms with Crippen molar-refractivity contribution in [3.05, 3.63) is 29.0 Å². The summed E-state index contributed by atoms with van der Waals surface area (Å²) in [6.07, 6.45) is 3.78. The Morgan fingerprint density at radius 3 is 3.10 bits per heavy atom. The molecule has 3 rings (SSSR count). The Bertz CT molecular complexity index is 549. The largest absolute Gasteiger partial charge is 0.353 e. The van der Waals surface area contributed by atoms with Crippen molar-refractivity contribution in [3.63, 3.8) is 0 Å². The van der Waals surface area contributed by atoms with Gasteiger partial charge in [0, 0.05) is 37.3 Å². The molecule has 2 unspecified atom stereocenters. The molecule has 2 fully saturated rings. The first-order valence-corrected chi connectivity index (χ1v) is 7.21. The number of likely N-dealkylation sites (tertiary alicyclic amines) is 1. The highest BCUT2D eigenvalue weighted by molar-refractivity contribution is 6.29. The van der Waals surface area contributed by atoms with E-state index in [2.05, 4.69) is 10.3 Å². The van der Waals surface area contributed by atoms with Gasteiger partial charge in [-0.1, -0.05) is 11.6 Å². The highest BCUT2D eigenvalue weighted by Gasteiger charge is 2.35. The number of amides is 2. The molecule has 2 atom stereocenters. The summed E-state index contributed by atoms with van der Waals surface area (Å²) in [5.74, 6) is 0.485. The molecule has 0 spiro atoms. The van der Waals surface area contributed by atoms with E-state index >= 15 is 0 Å². The van der Waals surface area contributed by atoms with Gasteiger partial charge in [0.15, 0.2) is 0 Å². The maximum absolute atomic E-state index is 12.4. The number of aromatic nitrogens is 1. The van der Waals surface area contributed by atoms with Crippen LogP contribution in [0.1, 0.15) is 29.6 Å². The van der Waals surface area contributed by atoms with Gasteiger partial charge in [0.05, 0.1) is 0 Å². The molecule has 6 heteroatoms. The van der Waals surface area contributed by atoms with E-state index in [1.54, 1.807) is 18.3 Å². The second kappa shape index (κ2) is 5.40. The van der Waals surface area contributed by atoms with E-state index in [1.165, 1.54) is 0 Å². The smallest absolute Gasteiger partial charge is 0.254 e. The zero-order chi connectivity index (χ0) is 14.1. The third-order valence-corrected chi connectivity index (χ3v) is 4.29. The standard InChI is InChI=1S/C14H16ClN3O2/c15-12-7-9(3-5-16-12)14(20)18-6-4-11-10(8-18)1-2-13(19)17-11/h3,5,7,10-11H,1-2,4,6,8H2,(H,17,19). The van der Waals surface area contributed by atoms with Crippen LogP contribution in [0, 0.1) is 5.92 Å². The van der Waals surface area contributed by atoms with Crippen molar-refractivity contribution in [1.29, 1.82) is 0 Å². The van der Waals surface area contributed by atoms with Gasteiger partial charge in [-0.3, -0.25) is 9.59 Å². The number of hydrogen-bond donors (Lipinski definition) is 1. The molecule has 0 radical (unpaired) electrons. The van der Waals surface area contributed by atoms with Crippen LogP contribution in [0.25, 0.3) is 0 Å². The summed E-state index contributed by atoms with van der Waals surface area (Å²) in [6, 6.07) is 3.50. The number of halogens is 1. The van der Waals surface area contributed by atoms with Crippen molar-refractivity contribution in [2.45, 2.75) is 25.3 Å². The minimum atomic E-state index is -0.00958. The molecule has 0 aliphatic carbocycles. The van der Waals surface area contributed by atoms with E-state index in [0.717, 1.165) is 12.8 Å². The lowest BCUT2D eigenvalue weighted by molar-refractivity contribution is -0.125. The molecule has 0 saturated carbocycles. The minimum absolute atomic E-state index is 0.00958. The average molecular weight is 294 g/mol. The molecule has 2 aliphatic rings. The van der Waals surface area contributed by atoms with Crippen LogP contribution in [0.4, 0.5) is 0 Å². The highest BCUT2D eigenvalue weighted by Crippen LogP contribution is 2.26. The van der Waals surface area contributed by atoms with Crippen molar-refractivity contribution in [1.82, 2.24) is 15.2 Å². The van der Waals surface area contributed by atoms with E-state index in [1.807, 2.05) is 4.90 Å². The predicted molar refractivity (Wildman–Crippen MR) is 74.4 cm³/mol. The van der Waals surface area contributed by atoms with Gasteiger partial charge in [-0.25, -0.2) is 4.98 Å². The number of fused-ring (bicyclic) bond motifs is 1. The van der Waals surface area contributed by atoms with Crippen molar-refractivity contribution in [2.75, 3.05) is 13.1 Å². The molecule has 0 aromatic carbocycles. The molecular weight excluding hydrogens is 278 g/mol. The van der Waals surface area contributed by atoms with Crippen molar-refractivity contribution in [3.8, 4) is 0 Å². The van der Waals surface area contributed by atoms with Crippen LogP contribution in [0.3, 0.4) is 0 Å². The van der Waals surface area contributed by atoms with Crippen LogP contribution in [0.5, 0.6) is 0 Å². The zero-order valence-electron chi connectivity index (χ0n) is 11.0. The molecule has 2 amide bonds. The summed E-state index contributed by atoms with van der Waals surface area (Å²) in [4.78, 5) is 29.6. The lowest BCUT2D eigenvalue weighted by atomic mass is 9.85. The SMILES string of the molecule is O=C1CCC2CN(C(=O)c3ccnc(Cl)c3)CCC2N1. The normalized spacial score (nSPS) is 25.9. The summed E-state index contributed by atoms with van der Waals surface area (Å²) in [5, 5.41) is 3.35. The summed E-state index contributed by atoms with van der Waals surface area (Å²) in [7, 11) is 0. The first-order chi connectivity index (χ1) is 9.63. The Balaban J connectivity index is 1.70. The molecule has 0 bridgehead atoms. The van der Waals surface area contributed by atoms with Crippen LogP contribution >= 0.6 is 11.6 Å². The predicted octanol–water partition coefficient (Wildman–Crippen LogP) is 1.48. The summed E-state index contributed by atoms with van der Waals surface area (Å²) < 4.78 is 0. The Hall–Kier alpha value is -1.62. The molecule has 20 heavy (non-hydrogen) atoms. The van der Waals surface area contributed by atoms with Gasteiger partial charge in [0.25, 0.3) is 5.91 Å². The Morgan fingerprint density at radius 2 is 2.30 bits per heavy atom. The number of rotatable bonds is 1. The Morgan fingerprint density at radius 1 is 1.45 bits per heavy atom. The molecule has 106 valence electrons. The number of pyridine rings is 1. The number of nitrogens with zero attached hydrogens (tertiary/aromatic N) is 2. The third kappa shape index (κ3) is 2.63. The lowest BCUT2D eigenvalue weighted by Crippen LogP contribution is -2.55. The fraction of sp³-hybridized carbons (Fsp3) is 0.500. The molecule has 2 aliphatic heterocycles. The molecule has 3 heterocycles. The summed E-state index contributed by atoms with van der Waals surface area (Å²) in [6.45, 7) is 1.37. The number of hydrogen-bond acceptors (Lipinski definition) is 3. The highest BCUT2D eigenvalue weighted by atomic mass is 35.5. The minimum Gasteiger partial charge on any atom is -0.353 e. The van der Waals surface area contributed by atoms with Crippen molar-refractivity contribution >= 4 is 23.4 Å². The van der Waals surface area contributed by atoms with Crippen molar-refractivity contribution in [2.24, 2.45) is 5.92 Å². The van der Waals surface area contributed by atoms with Crippen LogP contribution in [0.15, 0.2) is 18.3 Å². The fourth-order valence-corrected chi connectivity index (χ4v) is 3.19. The number of nitrogens with one attached hydrogen (secondary N) is 1. The lowest BCUT2D eigenvalue weighted by Gasteiger charge is -2.41. The van der Waals surface area contributed by atoms with E-state index in [-0.39, 0.29) is 17.9 Å². The maximum atomic E-state index is 12.4. The molecule has 1 aromatic heterocycles. The van der Waals surface area contributed by atoms with Crippen LogP contribution in [0.2, 0.25) is 5.15 Å². The first kappa shape index (κ1) is 13.4. The van der Waals surface area contributed by atoms with Gasteiger partial charge < -0.3 is 10.2 Å². The van der Waals surface area contributed by atoms with Crippen LogP contribution < -0.4 is 5.32 Å². The Labute approximate surface area is 122 Å². The second-order valence-corrected chi connectivity index (χ2v) is 5.77. The van der Waals surface area contributed by atoms with E-state index < -0.39 is 0 Å². The van der Waals surface area contributed by atoms with Gasteiger partial charge in [0.2, 0.25) is 5.91 Å². The van der Waals surface area contributed by atoms with Gasteiger partial charge in [0.1, 0.15) is 5.15 Å². The number of carbonyl (C=O) groups is 2. The van der Waals surface area contributed by atoms with Gasteiger partial charge in [-0.05, 0) is 30.9 Å². The second-order valence-electron chi connectivity index (χ2n) is 5.38. The van der Waals surface area contributed by atoms with Crippen LogP contribution in [-0.4, -0.2) is 40.8 Å². The zero-order valence-corrected chi connectivity index (χ0v) is 11.8. The monoisotopic (exact) mass is 293 g/mol. The summed E-state index contributed by atoms with van der Waals surface area (Å²) >= 11 is 5.83. The fourth-order valence-electron chi connectivity index (χ4n) is 3.01. The van der Waals surface area contributed by atoms with E-state index in [0.29, 0.717) is 36.1 Å². The quantitative estimate of drug-likeness (QED) is 0.798. The molecule has 2 saturated heterocycles. The number of piperidine rings is 2. The topological polar surface area (TPSA) is 62.3 Å². The molecule has 5 nitrogen and oxygen atoms in total. The van der Waals surface area contributed by atoms with E-state index in [9.17, 15) is 9.59 Å². The maximum Gasteiger partial charge on any atom is 0.254 e. The van der Waals surface area contributed by atoms with Crippen LogP contribution in [-0.2, 0) is 4.79 Å². The molecular formula is C14H16ClN3O2.